The van der Waals surface area contributed by atoms with Crippen LogP contribution in [0.3, 0.4) is 0 Å². The van der Waals surface area contributed by atoms with Gasteiger partial charge in [-0.15, -0.1) is 0 Å². The van der Waals surface area contributed by atoms with Gasteiger partial charge in [-0.05, 0) is 12.5 Å². The van der Waals surface area contributed by atoms with Gasteiger partial charge in [-0.2, -0.15) is 13.5 Å². The first-order chi connectivity index (χ1) is 5.99. The minimum Gasteiger partial charge on any atom is -0.285 e. The van der Waals surface area contributed by atoms with Crippen LogP contribution in [-0.4, -0.2) is 31.5 Å². The summed E-state index contributed by atoms with van der Waals surface area (Å²) >= 11 is 0. The molecule has 0 radical (unpaired) electrons. The maximum atomic E-state index is 10.6. The Morgan fingerprint density at radius 3 is 2.77 bits per heavy atom. The van der Waals surface area contributed by atoms with Gasteiger partial charge < -0.3 is 0 Å². The highest BCUT2D eigenvalue weighted by atomic mass is 32.2. The fraction of sp³-hybridized carbons (Fsp3) is 0.571. The van der Waals surface area contributed by atoms with Crippen LogP contribution >= 0.6 is 0 Å². The van der Waals surface area contributed by atoms with E-state index in [9.17, 15) is 8.42 Å². The van der Waals surface area contributed by atoms with Crippen molar-refractivity contribution in [2.24, 2.45) is 0 Å². The van der Waals surface area contributed by atoms with E-state index in [-0.39, 0.29) is 6.61 Å². The van der Waals surface area contributed by atoms with Crippen molar-refractivity contribution >= 4 is 10.1 Å². The molecule has 13 heavy (non-hydrogen) atoms. The van der Waals surface area contributed by atoms with Crippen LogP contribution in [0.1, 0.15) is 11.3 Å². The summed E-state index contributed by atoms with van der Waals surface area (Å²) in [4.78, 5) is 0. The molecule has 1 aromatic heterocycles. The number of hydrogen-bond acceptors (Lipinski definition) is 4. The lowest BCUT2D eigenvalue weighted by Crippen LogP contribution is -2.06. The fourth-order valence-corrected chi connectivity index (χ4v) is 1.33. The Kier molecular flexibility index (Phi) is 3.05. The van der Waals surface area contributed by atoms with Gasteiger partial charge in [-0.3, -0.25) is 9.28 Å². The topological polar surface area (TPSA) is 72.0 Å². The zero-order valence-electron chi connectivity index (χ0n) is 7.57. The molecule has 0 bridgehead atoms. The highest BCUT2D eigenvalue weighted by Crippen LogP contribution is 2.03. The molecular formula is C7H12N2O3S. The summed E-state index contributed by atoms with van der Waals surface area (Å²) < 4.78 is 25.8. The Bertz CT molecular complexity index is 369. The van der Waals surface area contributed by atoms with E-state index in [1.54, 1.807) is 6.20 Å². The molecule has 1 heterocycles. The minimum absolute atomic E-state index is 0.166. The Hall–Kier alpha value is -0.880. The summed E-state index contributed by atoms with van der Waals surface area (Å²) in [6.45, 7) is 2.02. The molecule has 0 aliphatic heterocycles. The Labute approximate surface area is 77.2 Å². The maximum absolute atomic E-state index is 10.6. The predicted octanol–water partition coefficient (Wildman–Crippen LogP) is 0.237. The molecule has 0 saturated carbocycles. The zero-order chi connectivity index (χ0) is 9.90. The van der Waals surface area contributed by atoms with Gasteiger partial charge in [-0.25, -0.2) is 0 Å². The van der Waals surface area contributed by atoms with Gasteiger partial charge in [0.05, 0.1) is 18.6 Å². The normalized spacial score (nSPS) is 11.8. The Morgan fingerprint density at radius 1 is 1.62 bits per heavy atom. The first kappa shape index (κ1) is 10.2. The summed E-state index contributed by atoms with van der Waals surface area (Å²) in [5.41, 5.74) is 1.85. The second-order valence-electron chi connectivity index (χ2n) is 2.77. The van der Waals surface area contributed by atoms with Crippen LogP contribution in [0.15, 0.2) is 6.20 Å². The predicted molar refractivity (Wildman–Crippen MR) is 47.8 cm³/mol. The van der Waals surface area contributed by atoms with Crippen molar-refractivity contribution in [3.8, 4) is 0 Å². The molecule has 0 fully saturated rings. The molecule has 0 aliphatic carbocycles. The highest BCUT2D eigenvalue weighted by Gasteiger charge is 2.04. The number of nitrogens with one attached hydrogen (secondary N) is 1. The molecule has 5 nitrogen and oxygen atoms in total. The molecule has 1 N–H and O–H groups in total. The second-order valence-corrected chi connectivity index (χ2v) is 4.42. The maximum Gasteiger partial charge on any atom is 0.264 e. The third kappa shape index (κ3) is 3.56. The van der Waals surface area contributed by atoms with Gasteiger partial charge in [-0.1, -0.05) is 0 Å². The summed E-state index contributed by atoms with van der Waals surface area (Å²) in [6.07, 6.45) is 3.33. The number of nitrogens with zero attached hydrogens (tertiary/aromatic N) is 1. The summed E-state index contributed by atoms with van der Waals surface area (Å²) in [7, 11) is -3.32. The number of rotatable bonds is 4. The van der Waals surface area contributed by atoms with E-state index in [4.69, 9.17) is 0 Å². The van der Waals surface area contributed by atoms with E-state index in [1.165, 1.54) is 0 Å². The van der Waals surface area contributed by atoms with Gasteiger partial charge in [0.25, 0.3) is 10.1 Å². The van der Waals surface area contributed by atoms with E-state index in [2.05, 4.69) is 14.4 Å². The third-order valence-corrected chi connectivity index (χ3v) is 2.20. The fourth-order valence-electron chi connectivity index (χ4n) is 0.939. The first-order valence-corrected chi connectivity index (χ1v) is 5.64. The van der Waals surface area contributed by atoms with E-state index in [0.29, 0.717) is 6.42 Å². The molecule has 0 saturated heterocycles. The van der Waals surface area contributed by atoms with Gasteiger partial charge in [0, 0.05) is 12.6 Å². The van der Waals surface area contributed by atoms with Gasteiger partial charge >= 0.3 is 0 Å². The molecule has 0 atom stereocenters. The van der Waals surface area contributed by atoms with Crippen LogP contribution in [0.25, 0.3) is 0 Å². The molecule has 6 heteroatoms. The molecule has 0 spiro atoms. The van der Waals surface area contributed by atoms with Gasteiger partial charge in [0.1, 0.15) is 0 Å². The highest BCUT2D eigenvalue weighted by molar-refractivity contribution is 7.85. The standard InChI is InChI=1S/C7H12N2O3S/c1-6-7(5-8-9-6)3-4-12-13(2,10)11/h5H,3-4H2,1-2H3,(H,8,9). The van der Waals surface area contributed by atoms with Gasteiger partial charge in [0.2, 0.25) is 0 Å². The van der Waals surface area contributed by atoms with Crippen molar-refractivity contribution in [2.45, 2.75) is 13.3 Å². The molecule has 74 valence electrons. The van der Waals surface area contributed by atoms with Crippen molar-refractivity contribution in [3.63, 3.8) is 0 Å². The zero-order valence-corrected chi connectivity index (χ0v) is 8.39. The average Bonchev–Trinajstić information content (AvgIpc) is 2.34. The van der Waals surface area contributed by atoms with Crippen molar-refractivity contribution in [2.75, 3.05) is 12.9 Å². The smallest absolute Gasteiger partial charge is 0.264 e. The van der Waals surface area contributed by atoms with Crippen molar-refractivity contribution < 1.29 is 12.6 Å². The van der Waals surface area contributed by atoms with Gasteiger partial charge in [0.15, 0.2) is 0 Å². The molecule has 0 amide bonds. The Balaban J connectivity index is 2.41. The monoisotopic (exact) mass is 204 g/mol. The van der Waals surface area contributed by atoms with Crippen LogP contribution in [0, 0.1) is 6.92 Å². The molecule has 0 unspecified atom stereocenters. The minimum atomic E-state index is -3.32. The number of aromatic nitrogens is 2. The summed E-state index contributed by atoms with van der Waals surface area (Å²) in [6, 6.07) is 0. The van der Waals surface area contributed by atoms with E-state index in [0.717, 1.165) is 17.5 Å². The lowest BCUT2D eigenvalue weighted by atomic mass is 10.2. The molecule has 1 aromatic rings. The second kappa shape index (κ2) is 3.89. The summed E-state index contributed by atoms with van der Waals surface area (Å²) in [5.74, 6) is 0. The van der Waals surface area contributed by atoms with Crippen LogP contribution in [0.4, 0.5) is 0 Å². The quantitative estimate of drug-likeness (QED) is 0.713. The number of H-pyrrole nitrogens is 1. The number of aryl methyl sites for hydroxylation is 1. The van der Waals surface area contributed by atoms with Crippen LogP contribution in [-0.2, 0) is 20.7 Å². The third-order valence-electron chi connectivity index (χ3n) is 1.60. The van der Waals surface area contributed by atoms with E-state index in [1.807, 2.05) is 6.92 Å². The van der Waals surface area contributed by atoms with E-state index < -0.39 is 10.1 Å². The molecule has 1 rings (SSSR count). The van der Waals surface area contributed by atoms with Crippen LogP contribution in [0.5, 0.6) is 0 Å². The average molecular weight is 204 g/mol. The van der Waals surface area contributed by atoms with Crippen molar-refractivity contribution in [3.05, 3.63) is 17.5 Å². The number of hydrogen-bond donors (Lipinski definition) is 1. The Morgan fingerprint density at radius 2 is 2.31 bits per heavy atom. The van der Waals surface area contributed by atoms with Crippen LogP contribution < -0.4 is 0 Å². The lowest BCUT2D eigenvalue weighted by molar-refractivity contribution is 0.325. The summed E-state index contributed by atoms with van der Waals surface area (Å²) in [5, 5.41) is 6.59. The lowest BCUT2D eigenvalue weighted by Gasteiger charge is -1.99. The number of aromatic amines is 1. The SMILES string of the molecule is Cc1n[nH]cc1CCOS(C)(=O)=O. The first-order valence-electron chi connectivity index (χ1n) is 3.83. The van der Waals surface area contributed by atoms with Crippen molar-refractivity contribution in [1.82, 2.24) is 10.2 Å². The van der Waals surface area contributed by atoms with Crippen LogP contribution in [0.2, 0.25) is 0 Å². The molecule has 0 aromatic carbocycles. The largest absolute Gasteiger partial charge is 0.285 e. The van der Waals surface area contributed by atoms with E-state index >= 15 is 0 Å². The van der Waals surface area contributed by atoms with Crippen molar-refractivity contribution in [1.29, 1.82) is 0 Å². The molecular weight excluding hydrogens is 192 g/mol. The molecule has 0 aliphatic rings.